The lowest BCUT2D eigenvalue weighted by Gasteiger charge is -2.08. The van der Waals surface area contributed by atoms with Gasteiger partial charge >= 0.3 is 0 Å². The quantitative estimate of drug-likeness (QED) is 0.532. The van der Waals surface area contributed by atoms with E-state index < -0.39 is 0 Å². The minimum atomic E-state index is 0.360. The topological polar surface area (TPSA) is 87.1 Å². The maximum absolute atomic E-state index is 6.16. The van der Waals surface area contributed by atoms with Crippen LogP contribution in [0.25, 0.3) is 0 Å². The Bertz CT molecular complexity index is 663. The van der Waals surface area contributed by atoms with Gasteiger partial charge in [-0.2, -0.15) is 20.1 Å². The van der Waals surface area contributed by atoms with Crippen LogP contribution in [-0.2, 0) is 0 Å². The van der Waals surface area contributed by atoms with Gasteiger partial charge in [-0.05, 0) is 26.8 Å². The number of nitrogens with zero attached hydrogens (tertiary/aromatic N) is 4. The minimum absolute atomic E-state index is 0.360. The van der Waals surface area contributed by atoms with Crippen LogP contribution in [0.1, 0.15) is 26.3 Å². The van der Waals surface area contributed by atoms with Crippen molar-refractivity contribution in [3.8, 4) is 0 Å². The van der Waals surface area contributed by atoms with Gasteiger partial charge in [0.2, 0.25) is 17.8 Å². The molecule has 0 spiro atoms. The minimum Gasteiger partial charge on any atom is -0.354 e. The van der Waals surface area contributed by atoms with Crippen LogP contribution in [0.3, 0.4) is 0 Å². The first-order valence-electron chi connectivity index (χ1n) is 7.43. The van der Waals surface area contributed by atoms with Gasteiger partial charge in [0.05, 0.1) is 5.71 Å². The van der Waals surface area contributed by atoms with Gasteiger partial charge in [-0.25, -0.2) is 5.43 Å². The van der Waals surface area contributed by atoms with Crippen LogP contribution in [0, 0.1) is 0 Å². The normalized spacial score (nSPS) is 11.2. The molecular weight excluding hydrogens is 314 g/mol. The third-order valence-electron chi connectivity index (χ3n) is 2.89. The Morgan fingerprint density at radius 3 is 2.13 bits per heavy atom. The van der Waals surface area contributed by atoms with Gasteiger partial charge in [-0.15, -0.1) is 0 Å². The van der Waals surface area contributed by atoms with Gasteiger partial charge in [0, 0.05) is 23.7 Å². The molecule has 1 aromatic heterocycles. The molecule has 8 heteroatoms. The molecule has 0 aliphatic rings. The lowest BCUT2D eigenvalue weighted by Crippen LogP contribution is -2.11. The average Bonchev–Trinajstić information content (AvgIpc) is 2.53. The van der Waals surface area contributed by atoms with Crippen molar-refractivity contribution in [1.29, 1.82) is 0 Å². The zero-order valence-electron chi connectivity index (χ0n) is 13.4. The van der Waals surface area contributed by atoms with E-state index in [9.17, 15) is 0 Å². The molecule has 0 unspecified atom stereocenters. The lowest BCUT2D eigenvalue weighted by atomic mass is 10.1. The van der Waals surface area contributed by atoms with Gasteiger partial charge in [-0.1, -0.05) is 29.8 Å². The van der Waals surface area contributed by atoms with Gasteiger partial charge < -0.3 is 10.6 Å². The zero-order chi connectivity index (χ0) is 16.7. The summed E-state index contributed by atoms with van der Waals surface area (Å²) in [7, 11) is 0. The third-order valence-corrected chi connectivity index (χ3v) is 3.22. The second kappa shape index (κ2) is 8.28. The fraction of sp³-hybridized carbons (Fsp3) is 0.333. The summed E-state index contributed by atoms with van der Waals surface area (Å²) in [6.07, 6.45) is 0. The van der Waals surface area contributed by atoms with Crippen LogP contribution in [0.15, 0.2) is 29.4 Å². The number of halogens is 1. The monoisotopic (exact) mass is 333 g/mol. The molecule has 0 aliphatic heterocycles. The summed E-state index contributed by atoms with van der Waals surface area (Å²) < 4.78 is 0. The molecule has 3 N–H and O–H groups in total. The number of anilines is 3. The number of benzene rings is 1. The summed E-state index contributed by atoms with van der Waals surface area (Å²) in [5.74, 6) is 1.34. The molecule has 0 saturated carbocycles. The molecule has 0 atom stereocenters. The van der Waals surface area contributed by atoms with E-state index in [2.05, 4.69) is 36.1 Å². The van der Waals surface area contributed by atoms with Crippen LogP contribution >= 0.6 is 11.6 Å². The molecule has 0 aliphatic carbocycles. The van der Waals surface area contributed by atoms with Gasteiger partial charge in [-0.3, -0.25) is 0 Å². The maximum atomic E-state index is 6.16. The van der Waals surface area contributed by atoms with E-state index in [1.165, 1.54) is 0 Å². The summed E-state index contributed by atoms with van der Waals surface area (Å²) in [6, 6.07) is 7.52. The smallest absolute Gasteiger partial charge is 0.250 e. The Kier molecular flexibility index (Phi) is 6.10. The number of hydrogen-bond donors (Lipinski definition) is 3. The van der Waals surface area contributed by atoms with E-state index in [0.29, 0.717) is 22.9 Å². The summed E-state index contributed by atoms with van der Waals surface area (Å²) in [6.45, 7) is 7.26. The Hall–Kier alpha value is -2.41. The number of aromatic nitrogens is 3. The standard InChI is InChI=1S/C15H20ClN7/c1-4-17-13-19-14(18-5-2)21-15(20-13)23-22-10(3)11-8-6-7-9-12(11)16/h6-9H,4-5H2,1-3H3,(H3,17,18,19,20,21,23)/b22-10+. The fourth-order valence-corrected chi connectivity index (χ4v) is 2.12. The van der Waals surface area contributed by atoms with Crippen LogP contribution in [0.2, 0.25) is 5.02 Å². The van der Waals surface area contributed by atoms with E-state index in [1.807, 2.05) is 45.0 Å². The van der Waals surface area contributed by atoms with Crippen molar-refractivity contribution < 1.29 is 0 Å². The second-order valence-corrected chi connectivity index (χ2v) is 5.06. The Morgan fingerprint density at radius 1 is 1.00 bits per heavy atom. The highest BCUT2D eigenvalue weighted by Gasteiger charge is 2.06. The van der Waals surface area contributed by atoms with Crippen molar-refractivity contribution >= 4 is 35.2 Å². The van der Waals surface area contributed by atoms with Crippen molar-refractivity contribution in [3.05, 3.63) is 34.9 Å². The second-order valence-electron chi connectivity index (χ2n) is 4.66. The van der Waals surface area contributed by atoms with E-state index in [4.69, 9.17) is 11.6 Å². The SMILES string of the molecule is CCNc1nc(NCC)nc(N/N=C(\C)c2ccccc2Cl)n1. The van der Waals surface area contributed by atoms with Crippen molar-refractivity contribution in [2.75, 3.05) is 29.1 Å². The fourth-order valence-electron chi connectivity index (χ4n) is 1.85. The Balaban J connectivity index is 2.21. The van der Waals surface area contributed by atoms with Crippen LogP contribution in [-0.4, -0.2) is 33.8 Å². The molecule has 1 heterocycles. The first-order valence-corrected chi connectivity index (χ1v) is 7.80. The van der Waals surface area contributed by atoms with Crippen LogP contribution in [0.5, 0.6) is 0 Å². The maximum Gasteiger partial charge on any atom is 0.250 e. The highest BCUT2D eigenvalue weighted by molar-refractivity contribution is 6.34. The molecule has 2 aromatic rings. The largest absolute Gasteiger partial charge is 0.354 e. The molecule has 23 heavy (non-hydrogen) atoms. The predicted octanol–water partition coefficient (Wildman–Crippen LogP) is 3.22. The first-order chi connectivity index (χ1) is 11.1. The summed E-state index contributed by atoms with van der Waals surface area (Å²) in [5, 5.41) is 11.1. The van der Waals surface area contributed by atoms with Crippen LogP contribution in [0.4, 0.5) is 17.8 Å². The number of nitrogens with one attached hydrogen (secondary N) is 3. The Morgan fingerprint density at radius 2 is 1.57 bits per heavy atom. The summed E-state index contributed by atoms with van der Waals surface area (Å²) in [5.41, 5.74) is 4.45. The molecule has 0 fully saturated rings. The summed E-state index contributed by atoms with van der Waals surface area (Å²) >= 11 is 6.16. The number of hydrazone groups is 1. The molecule has 0 bridgehead atoms. The van der Waals surface area contributed by atoms with E-state index in [1.54, 1.807) is 0 Å². The molecule has 7 nitrogen and oxygen atoms in total. The van der Waals surface area contributed by atoms with E-state index in [0.717, 1.165) is 24.4 Å². The molecular formula is C15H20ClN7. The molecule has 0 amide bonds. The van der Waals surface area contributed by atoms with Gasteiger partial charge in [0.1, 0.15) is 0 Å². The zero-order valence-corrected chi connectivity index (χ0v) is 14.1. The average molecular weight is 334 g/mol. The molecule has 1 aromatic carbocycles. The Labute approximate surface area is 140 Å². The number of hydrogen-bond acceptors (Lipinski definition) is 7. The van der Waals surface area contributed by atoms with Crippen molar-refractivity contribution in [3.63, 3.8) is 0 Å². The predicted molar refractivity (Wildman–Crippen MR) is 95.4 cm³/mol. The van der Waals surface area contributed by atoms with Crippen molar-refractivity contribution in [2.45, 2.75) is 20.8 Å². The van der Waals surface area contributed by atoms with E-state index in [-0.39, 0.29) is 0 Å². The van der Waals surface area contributed by atoms with Crippen LogP contribution < -0.4 is 16.1 Å². The third kappa shape index (κ3) is 4.79. The van der Waals surface area contributed by atoms with Gasteiger partial charge in [0.15, 0.2) is 0 Å². The molecule has 122 valence electrons. The lowest BCUT2D eigenvalue weighted by molar-refractivity contribution is 0.991. The summed E-state index contributed by atoms with van der Waals surface area (Å²) in [4.78, 5) is 12.8. The molecule has 0 saturated heterocycles. The van der Waals surface area contributed by atoms with E-state index >= 15 is 0 Å². The molecule has 0 radical (unpaired) electrons. The molecule has 2 rings (SSSR count). The van der Waals surface area contributed by atoms with Crippen molar-refractivity contribution in [2.24, 2.45) is 5.10 Å². The number of rotatable bonds is 7. The van der Waals surface area contributed by atoms with Crippen molar-refractivity contribution in [1.82, 2.24) is 15.0 Å². The first kappa shape index (κ1) is 17.0. The van der Waals surface area contributed by atoms with Gasteiger partial charge in [0.25, 0.3) is 0 Å². The highest BCUT2D eigenvalue weighted by Crippen LogP contribution is 2.16. The highest BCUT2D eigenvalue weighted by atomic mass is 35.5.